The second kappa shape index (κ2) is 9.66. The molecule has 8 rings (SSSR count). The molecule has 0 radical (unpaired) electrons. The Morgan fingerprint density at radius 3 is 1.93 bits per heavy atom. The number of hydrogen-bond donors (Lipinski definition) is 1. The number of rotatable bonds is 2. The fraction of sp³-hybridized carbons (Fsp3) is 0.231. The summed E-state index contributed by atoms with van der Waals surface area (Å²) in [5.41, 5.74) is 13.9. The molecule has 0 amide bonds. The molecule has 0 saturated heterocycles. The van der Waals surface area contributed by atoms with Gasteiger partial charge in [-0.25, -0.2) is 4.99 Å². The number of aliphatic imine (C=N–C) groups is 2. The molecule has 2 aromatic heterocycles. The summed E-state index contributed by atoms with van der Waals surface area (Å²) in [4.78, 5) is 14.6. The van der Waals surface area contributed by atoms with E-state index in [0.717, 1.165) is 50.8 Å². The fourth-order valence-corrected chi connectivity index (χ4v) is 9.37. The van der Waals surface area contributed by atoms with Crippen LogP contribution in [-0.2, 0) is 23.7 Å². The average molecular weight is 578 g/mol. The lowest BCUT2D eigenvalue weighted by Crippen LogP contribution is -2.26. The Hall–Kier alpha value is -4.20. The van der Waals surface area contributed by atoms with Gasteiger partial charge in [0, 0.05) is 33.4 Å². The number of H-pyrrole nitrogens is 1. The van der Waals surface area contributed by atoms with Crippen molar-refractivity contribution < 1.29 is 0 Å². The van der Waals surface area contributed by atoms with Crippen LogP contribution in [0.3, 0.4) is 0 Å². The topological polar surface area (TPSA) is 40.5 Å². The molecule has 3 nitrogen and oxygen atoms in total. The van der Waals surface area contributed by atoms with Gasteiger partial charge >= 0.3 is 0 Å². The number of hydrogen-bond acceptors (Lipinski definition) is 2. The first-order valence-corrected chi connectivity index (χ1v) is 16.4. The van der Waals surface area contributed by atoms with Crippen LogP contribution in [0, 0.1) is 0 Å². The Labute approximate surface area is 255 Å². The van der Waals surface area contributed by atoms with E-state index >= 15 is 0 Å². The van der Waals surface area contributed by atoms with Gasteiger partial charge in [-0.1, -0.05) is 60.7 Å². The van der Waals surface area contributed by atoms with Gasteiger partial charge < -0.3 is 4.98 Å². The molecule has 2 aromatic carbocycles. The van der Waals surface area contributed by atoms with Crippen molar-refractivity contribution in [2.75, 3.05) is 0 Å². The zero-order valence-electron chi connectivity index (χ0n) is 25.3. The third kappa shape index (κ3) is 4.09. The first kappa shape index (κ1) is 26.4. The van der Waals surface area contributed by atoms with Crippen molar-refractivity contribution in [1.82, 2.24) is 4.98 Å². The van der Waals surface area contributed by atoms with Crippen molar-refractivity contribution in [1.29, 1.82) is 0 Å². The third-order valence-electron chi connectivity index (χ3n) is 9.76. The molecule has 4 heteroatoms. The minimum absolute atomic E-state index is 0.109. The van der Waals surface area contributed by atoms with Gasteiger partial charge in [0.05, 0.1) is 22.8 Å². The number of allylic oxidation sites excluding steroid dienone is 5. The Morgan fingerprint density at radius 2 is 1.23 bits per heavy atom. The molecule has 1 aliphatic carbocycles. The van der Waals surface area contributed by atoms with E-state index in [2.05, 4.69) is 130 Å². The fourth-order valence-electron chi connectivity index (χ4n) is 7.37. The van der Waals surface area contributed by atoms with Gasteiger partial charge in [0.25, 0.3) is 0 Å². The van der Waals surface area contributed by atoms with E-state index < -0.39 is 0 Å². The van der Waals surface area contributed by atoms with Crippen LogP contribution in [0.4, 0.5) is 0 Å². The SMILES string of the molecule is CC1(C)C2=N/C(=C(/c3ccccc3)C3=N/C(=C(/c4ccccc4)c4ccc([nH]4)C(C)(C)c4[pH]c1c1c4CCC1)C=C3)C=C2. The van der Waals surface area contributed by atoms with Crippen LogP contribution in [0.2, 0.25) is 0 Å². The van der Waals surface area contributed by atoms with Gasteiger partial charge in [0.2, 0.25) is 0 Å². The Kier molecular flexibility index (Phi) is 5.94. The molecular weight excluding hydrogens is 541 g/mol. The highest BCUT2D eigenvalue weighted by molar-refractivity contribution is 7.32. The van der Waals surface area contributed by atoms with Crippen molar-refractivity contribution in [3.63, 3.8) is 0 Å². The second-order valence-electron chi connectivity index (χ2n) is 13.1. The van der Waals surface area contributed by atoms with E-state index in [1.165, 1.54) is 25.0 Å². The predicted octanol–water partition coefficient (Wildman–Crippen LogP) is 9.34. The minimum atomic E-state index is -0.155. The molecule has 5 heterocycles. The van der Waals surface area contributed by atoms with Crippen LogP contribution in [0.1, 0.15) is 78.3 Å². The predicted molar refractivity (Wildman–Crippen MR) is 183 cm³/mol. The summed E-state index contributed by atoms with van der Waals surface area (Å²) in [7, 11) is 0.678. The number of aromatic amines is 1. The quantitative estimate of drug-likeness (QED) is 0.247. The van der Waals surface area contributed by atoms with Crippen molar-refractivity contribution in [3.8, 4) is 0 Å². The van der Waals surface area contributed by atoms with Gasteiger partial charge in [-0.3, -0.25) is 4.99 Å². The Morgan fingerprint density at radius 1 is 0.628 bits per heavy atom. The maximum absolute atomic E-state index is 5.40. The molecule has 8 bridgehead atoms. The molecule has 4 aromatic rings. The highest BCUT2D eigenvalue weighted by Crippen LogP contribution is 2.52. The maximum atomic E-state index is 5.40. The average Bonchev–Trinajstić information content (AvgIpc) is 3.83. The van der Waals surface area contributed by atoms with Gasteiger partial charge in [-0.2, -0.15) is 0 Å². The summed E-state index contributed by atoms with van der Waals surface area (Å²) < 4.78 is 0. The Bertz CT molecular complexity index is 1970. The van der Waals surface area contributed by atoms with Crippen molar-refractivity contribution in [2.45, 2.75) is 57.8 Å². The van der Waals surface area contributed by atoms with E-state index in [0.29, 0.717) is 8.19 Å². The minimum Gasteiger partial charge on any atom is -0.358 e. The Balaban J connectivity index is 1.45. The smallest absolute Gasteiger partial charge is 0.0738 e. The summed E-state index contributed by atoms with van der Waals surface area (Å²) in [6, 6.07) is 25.9. The lowest BCUT2D eigenvalue weighted by molar-refractivity contribution is 0.628. The number of fused-ring (bicyclic) bond motifs is 9. The molecular formula is C39H36N3P. The van der Waals surface area contributed by atoms with Gasteiger partial charge in [-0.15, -0.1) is 8.19 Å². The van der Waals surface area contributed by atoms with Gasteiger partial charge in [-0.05, 0) is 116 Å². The van der Waals surface area contributed by atoms with Crippen molar-refractivity contribution >= 4 is 30.8 Å². The summed E-state index contributed by atoms with van der Waals surface area (Å²) >= 11 is 0. The number of benzene rings is 2. The maximum Gasteiger partial charge on any atom is 0.0738 e. The van der Waals surface area contributed by atoms with E-state index in [1.807, 2.05) is 0 Å². The third-order valence-corrected chi connectivity index (χ3v) is 12.1. The first-order chi connectivity index (χ1) is 20.8. The van der Waals surface area contributed by atoms with Gasteiger partial charge in [0.1, 0.15) is 0 Å². The standard InChI is InChI=1S/C39H36N3P/c1-38(2)32-22-20-30(41-32)34(24-12-7-5-8-13-24)28-18-19-29(40-28)35(25-14-9-6-10-15-25)31-21-23-33(42-31)39(3,4)37-27-17-11-16-26(27)36(38)43-37/h5-10,12-15,18-23,41,43H,11,16-17H2,1-4H3/b34-28-,35-31-. The van der Waals surface area contributed by atoms with E-state index in [9.17, 15) is 0 Å². The summed E-state index contributed by atoms with van der Waals surface area (Å²) in [6.07, 6.45) is 12.4. The van der Waals surface area contributed by atoms with E-state index in [1.54, 1.807) is 21.7 Å². The van der Waals surface area contributed by atoms with Gasteiger partial charge in [0.15, 0.2) is 0 Å². The van der Waals surface area contributed by atoms with Crippen LogP contribution in [-0.4, -0.2) is 16.4 Å². The van der Waals surface area contributed by atoms with E-state index in [4.69, 9.17) is 9.98 Å². The molecule has 1 N–H and O–H groups in total. The molecule has 43 heavy (non-hydrogen) atoms. The largest absolute Gasteiger partial charge is 0.358 e. The van der Waals surface area contributed by atoms with Crippen LogP contribution < -0.4 is 0 Å². The lowest BCUT2D eigenvalue weighted by atomic mass is 9.81. The van der Waals surface area contributed by atoms with E-state index in [-0.39, 0.29) is 10.8 Å². The highest BCUT2D eigenvalue weighted by Gasteiger charge is 2.39. The summed E-state index contributed by atoms with van der Waals surface area (Å²) in [5, 5.41) is 3.18. The molecule has 3 aliphatic heterocycles. The first-order valence-electron chi connectivity index (χ1n) is 15.4. The molecule has 4 aliphatic rings. The monoisotopic (exact) mass is 577 g/mol. The van der Waals surface area contributed by atoms with Crippen molar-refractivity contribution in [2.24, 2.45) is 9.98 Å². The summed E-state index contributed by atoms with van der Waals surface area (Å²) in [5.74, 6) is 0. The summed E-state index contributed by atoms with van der Waals surface area (Å²) in [6.45, 7) is 9.60. The molecule has 0 fully saturated rings. The second-order valence-corrected chi connectivity index (χ2v) is 14.4. The molecule has 0 spiro atoms. The molecule has 1 atom stereocenters. The number of nitrogens with zero attached hydrogens (tertiary/aromatic N) is 2. The zero-order valence-corrected chi connectivity index (χ0v) is 26.3. The highest BCUT2D eigenvalue weighted by atomic mass is 31.0. The number of aromatic nitrogens is 1. The van der Waals surface area contributed by atoms with Crippen LogP contribution in [0.25, 0.3) is 11.1 Å². The molecule has 212 valence electrons. The molecule has 1 unspecified atom stereocenters. The zero-order chi connectivity index (χ0) is 29.3. The normalized spacial score (nSPS) is 23.2. The van der Waals surface area contributed by atoms with Crippen LogP contribution in [0.5, 0.6) is 0 Å². The molecule has 0 saturated carbocycles. The van der Waals surface area contributed by atoms with Crippen LogP contribution in [0.15, 0.2) is 118 Å². The van der Waals surface area contributed by atoms with Crippen molar-refractivity contribution in [3.05, 3.63) is 153 Å². The lowest BCUT2D eigenvalue weighted by Gasteiger charge is -2.27. The van der Waals surface area contributed by atoms with Crippen LogP contribution >= 0.6 is 8.19 Å². The number of nitrogens with one attached hydrogen (secondary N) is 1.